The molecule has 0 bridgehead atoms. The lowest BCUT2D eigenvalue weighted by atomic mass is 9.66. The molecule has 4 aromatic rings. The minimum Gasteiger partial charge on any atom is -0.487 e. The predicted molar refractivity (Wildman–Crippen MR) is 208 cm³/mol. The van der Waals surface area contributed by atoms with Gasteiger partial charge in [-0.05, 0) is 59.7 Å². The Bertz CT molecular complexity index is 1800. The lowest BCUT2D eigenvalue weighted by Gasteiger charge is -2.33. The van der Waals surface area contributed by atoms with E-state index in [1.54, 1.807) is 36.4 Å². The summed E-state index contributed by atoms with van der Waals surface area (Å²) in [4.78, 5) is 27.5. The lowest BCUT2D eigenvalue weighted by molar-refractivity contribution is -0.142. The molecule has 0 saturated heterocycles. The predicted octanol–water partition coefficient (Wildman–Crippen LogP) is 5.23. The second-order valence-corrected chi connectivity index (χ2v) is 13.2. The average Bonchev–Trinajstić information content (AvgIpc) is 3.23. The largest absolute Gasteiger partial charge is 0.487 e. The van der Waals surface area contributed by atoms with Crippen molar-refractivity contribution in [2.75, 3.05) is 106 Å². The highest BCUT2D eigenvalue weighted by Gasteiger charge is 2.50. The standard InChI is InChI=1S/C44H48O14/c45-43-41(31-9-11-37-39(29-31)57-27-19-49-15-23-53-35-7-3-1-5-33(35)51-21-13-47-17-25-55-37)44(46)42(43)32-10-12-38-40(30-32)58-28-20-50-16-24-54-36-8-4-2-6-34(36)52-22-14-48-18-26-56-38/h1-12,29-30,41-42H,13-28H2. The van der Waals surface area contributed by atoms with Crippen LogP contribution in [0.5, 0.6) is 46.0 Å². The molecule has 0 aromatic heterocycles. The third-order valence-electron chi connectivity index (χ3n) is 9.32. The van der Waals surface area contributed by atoms with Crippen molar-refractivity contribution >= 4 is 11.6 Å². The highest BCUT2D eigenvalue weighted by molar-refractivity contribution is 6.31. The first-order valence-electron chi connectivity index (χ1n) is 19.5. The van der Waals surface area contributed by atoms with Gasteiger partial charge in [-0.1, -0.05) is 36.4 Å². The van der Waals surface area contributed by atoms with Gasteiger partial charge in [0, 0.05) is 0 Å². The summed E-state index contributed by atoms with van der Waals surface area (Å²) in [7, 11) is 0. The molecule has 2 aliphatic heterocycles. The van der Waals surface area contributed by atoms with Crippen molar-refractivity contribution in [3.63, 3.8) is 0 Å². The first-order chi connectivity index (χ1) is 28.7. The Balaban J connectivity index is 0.972. The third-order valence-corrected chi connectivity index (χ3v) is 9.32. The molecule has 7 rings (SSSR count). The van der Waals surface area contributed by atoms with Gasteiger partial charge in [0.1, 0.15) is 64.7 Å². The van der Waals surface area contributed by atoms with Crippen LogP contribution in [0.1, 0.15) is 23.0 Å². The van der Waals surface area contributed by atoms with E-state index >= 15 is 0 Å². The molecular formula is C44H48O14. The highest BCUT2D eigenvalue weighted by Crippen LogP contribution is 2.45. The molecule has 1 saturated carbocycles. The first-order valence-corrected chi connectivity index (χ1v) is 19.5. The molecule has 0 radical (unpaired) electrons. The summed E-state index contributed by atoms with van der Waals surface area (Å²) in [5.41, 5.74) is 1.03. The number of ketones is 2. The fourth-order valence-electron chi connectivity index (χ4n) is 6.52. The quantitative estimate of drug-likeness (QED) is 0.244. The Morgan fingerprint density at radius 3 is 0.810 bits per heavy atom. The minimum absolute atomic E-state index is 0.205. The molecule has 14 nitrogen and oxygen atoms in total. The van der Waals surface area contributed by atoms with Gasteiger partial charge in [-0.25, -0.2) is 0 Å². The average molecular weight is 801 g/mol. The summed E-state index contributed by atoms with van der Waals surface area (Å²) in [5, 5.41) is 0. The number of fused-ring (bicyclic) bond motifs is 4. The van der Waals surface area contributed by atoms with Crippen LogP contribution in [0.3, 0.4) is 0 Å². The van der Waals surface area contributed by atoms with Crippen LogP contribution in [0.25, 0.3) is 0 Å². The van der Waals surface area contributed by atoms with Crippen molar-refractivity contribution in [2.24, 2.45) is 0 Å². The second kappa shape index (κ2) is 21.3. The maximum atomic E-state index is 13.8. The number of para-hydroxylation sites is 4. The third kappa shape index (κ3) is 10.9. The number of carbonyl (C=O) groups excluding carboxylic acids is 2. The van der Waals surface area contributed by atoms with Crippen molar-refractivity contribution in [3.05, 3.63) is 96.1 Å². The van der Waals surface area contributed by atoms with Crippen LogP contribution in [0.4, 0.5) is 0 Å². The van der Waals surface area contributed by atoms with Crippen molar-refractivity contribution in [1.82, 2.24) is 0 Å². The van der Waals surface area contributed by atoms with Gasteiger partial charge in [-0.15, -0.1) is 0 Å². The lowest BCUT2D eigenvalue weighted by Crippen LogP contribution is -2.44. The van der Waals surface area contributed by atoms with Gasteiger partial charge in [0.25, 0.3) is 0 Å². The van der Waals surface area contributed by atoms with Crippen molar-refractivity contribution in [1.29, 1.82) is 0 Å². The molecule has 0 spiro atoms. The minimum atomic E-state index is -0.956. The Morgan fingerprint density at radius 2 is 0.534 bits per heavy atom. The number of hydrogen-bond acceptors (Lipinski definition) is 14. The molecule has 3 aliphatic rings. The molecule has 0 atom stereocenters. The topological polar surface area (TPSA) is 145 Å². The smallest absolute Gasteiger partial charge is 0.162 e. The van der Waals surface area contributed by atoms with E-state index in [0.29, 0.717) is 123 Å². The maximum absolute atomic E-state index is 13.8. The van der Waals surface area contributed by atoms with E-state index in [-0.39, 0.29) is 51.2 Å². The summed E-state index contributed by atoms with van der Waals surface area (Å²) in [6.07, 6.45) is 0. The van der Waals surface area contributed by atoms with Crippen LogP contribution in [0.2, 0.25) is 0 Å². The van der Waals surface area contributed by atoms with Crippen LogP contribution < -0.4 is 37.9 Å². The van der Waals surface area contributed by atoms with E-state index < -0.39 is 11.8 Å². The Hall–Kier alpha value is -5.54. The van der Waals surface area contributed by atoms with Gasteiger partial charge in [-0.2, -0.15) is 0 Å². The molecule has 308 valence electrons. The normalized spacial score (nSPS) is 20.6. The molecule has 4 aromatic carbocycles. The molecule has 1 aliphatic carbocycles. The monoisotopic (exact) mass is 800 g/mol. The van der Waals surface area contributed by atoms with Gasteiger partial charge in [0.2, 0.25) is 0 Å². The number of Topliss-reactive ketones (excluding diaryl/α,β-unsaturated/α-hetero) is 2. The van der Waals surface area contributed by atoms with Gasteiger partial charge in [0.05, 0.1) is 52.9 Å². The van der Waals surface area contributed by atoms with Gasteiger partial charge in [0.15, 0.2) is 57.6 Å². The molecule has 0 unspecified atom stereocenters. The van der Waals surface area contributed by atoms with Crippen molar-refractivity contribution < 1.29 is 66.4 Å². The second-order valence-electron chi connectivity index (χ2n) is 13.2. The number of benzene rings is 4. The first kappa shape index (κ1) is 40.6. The van der Waals surface area contributed by atoms with Gasteiger partial charge >= 0.3 is 0 Å². The molecular weight excluding hydrogens is 752 g/mol. The van der Waals surface area contributed by atoms with E-state index in [9.17, 15) is 9.59 Å². The van der Waals surface area contributed by atoms with E-state index in [2.05, 4.69) is 0 Å². The molecule has 14 heteroatoms. The Labute approximate surface area is 337 Å². The van der Waals surface area contributed by atoms with Crippen LogP contribution >= 0.6 is 0 Å². The highest BCUT2D eigenvalue weighted by atomic mass is 16.6. The van der Waals surface area contributed by atoms with E-state index in [1.807, 2.05) is 48.5 Å². The maximum Gasteiger partial charge on any atom is 0.162 e. The molecule has 0 N–H and O–H groups in total. The fourth-order valence-corrected chi connectivity index (χ4v) is 6.52. The van der Waals surface area contributed by atoms with Crippen LogP contribution in [-0.2, 0) is 28.5 Å². The van der Waals surface area contributed by atoms with Crippen LogP contribution in [0.15, 0.2) is 84.9 Å². The zero-order chi connectivity index (χ0) is 39.8. The van der Waals surface area contributed by atoms with E-state index in [4.69, 9.17) is 56.8 Å². The molecule has 0 amide bonds. The van der Waals surface area contributed by atoms with Gasteiger partial charge < -0.3 is 56.8 Å². The fraction of sp³-hybridized carbons (Fsp3) is 0.409. The Kier molecular flexibility index (Phi) is 14.9. The summed E-state index contributed by atoms with van der Waals surface area (Å²) < 4.78 is 70.4. The van der Waals surface area contributed by atoms with Crippen LogP contribution in [0, 0.1) is 0 Å². The summed E-state index contributed by atoms with van der Waals surface area (Å²) in [6, 6.07) is 25.1. The zero-order valence-corrected chi connectivity index (χ0v) is 32.3. The molecule has 2 heterocycles. The molecule has 1 fully saturated rings. The molecule has 58 heavy (non-hydrogen) atoms. The zero-order valence-electron chi connectivity index (χ0n) is 32.3. The summed E-state index contributed by atoms with van der Waals surface area (Å²) in [6.45, 7) is 4.76. The number of rotatable bonds is 2. The summed E-state index contributed by atoms with van der Waals surface area (Å²) in [5.74, 6) is 1.85. The number of ether oxygens (including phenoxy) is 12. The Morgan fingerprint density at radius 1 is 0.293 bits per heavy atom. The van der Waals surface area contributed by atoms with E-state index in [1.165, 1.54) is 0 Å². The SMILES string of the molecule is O=C1C(c2ccc3c(c2)OCCOCCOc2ccccc2OCCOCCO3)C(=O)C1c1ccc2c(c1)OCCOCCOc1ccccc1OCCOCCO2. The number of hydrogen-bond donors (Lipinski definition) is 0. The van der Waals surface area contributed by atoms with E-state index in [0.717, 1.165) is 0 Å². The summed E-state index contributed by atoms with van der Waals surface area (Å²) >= 11 is 0. The van der Waals surface area contributed by atoms with Gasteiger partial charge in [-0.3, -0.25) is 9.59 Å². The van der Waals surface area contributed by atoms with Crippen molar-refractivity contribution in [3.8, 4) is 46.0 Å². The van der Waals surface area contributed by atoms with Crippen molar-refractivity contribution in [2.45, 2.75) is 11.8 Å². The number of carbonyl (C=O) groups is 2. The van der Waals surface area contributed by atoms with Crippen LogP contribution in [-0.4, -0.2) is 117 Å².